The van der Waals surface area contributed by atoms with E-state index in [9.17, 15) is 0 Å². The molecule has 0 saturated carbocycles. The second-order valence-electron chi connectivity index (χ2n) is 15.2. The molecule has 0 amide bonds. The number of benzene rings is 3. The van der Waals surface area contributed by atoms with Crippen LogP contribution in [0.15, 0.2) is 60.7 Å². The van der Waals surface area contributed by atoms with E-state index in [0.717, 1.165) is 16.5 Å². The van der Waals surface area contributed by atoms with Gasteiger partial charge in [0.25, 0.3) is 8.32 Å². The molecule has 3 aromatic rings. The van der Waals surface area contributed by atoms with Crippen LogP contribution in [0.5, 0.6) is 5.75 Å². The van der Waals surface area contributed by atoms with Crippen LogP contribution >= 0.6 is 0 Å². The summed E-state index contributed by atoms with van der Waals surface area (Å²) >= 11 is 0. The van der Waals surface area contributed by atoms with Gasteiger partial charge in [0.2, 0.25) is 0 Å². The third-order valence-corrected chi connectivity index (χ3v) is 17.4. The molecule has 4 nitrogen and oxygen atoms in total. The molecule has 3 rings (SSSR count). The molecule has 0 N–H and O–H groups in total. The van der Waals surface area contributed by atoms with Gasteiger partial charge < -0.3 is 18.0 Å². The molecule has 254 valence electrons. The number of aryl methyl sites for hydroxylation is 2. The third kappa shape index (κ3) is 8.81. The van der Waals surface area contributed by atoms with E-state index >= 15 is 0 Å². The molecule has 0 bridgehead atoms. The first-order valence-electron chi connectivity index (χ1n) is 17.4. The van der Waals surface area contributed by atoms with E-state index in [1.807, 2.05) is 6.92 Å². The van der Waals surface area contributed by atoms with Crippen LogP contribution in [0, 0.1) is 13.8 Å². The highest BCUT2D eigenvalue weighted by Gasteiger charge is 2.47. The standard InChI is InChI=1S/C40H62O4Si2/c1-15-41-26-42-45(35-22-20-34(21-23-35)40(12,13)14)43-39(38-31(10)17-16-18-32(38)11)33-19-24-37(36(25-33)27(2)3)44-46(28(4)5,29(6)7)30(8)9/h16-25,27-30,39,45H,15,26H2,1-14H3. The first kappa shape index (κ1) is 38.2. The Morgan fingerprint density at radius 1 is 0.761 bits per heavy atom. The fourth-order valence-electron chi connectivity index (χ4n) is 7.04. The zero-order valence-corrected chi connectivity index (χ0v) is 33.4. The van der Waals surface area contributed by atoms with Crippen molar-refractivity contribution in [2.45, 2.75) is 131 Å². The number of rotatable bonds is 15. The van der Waals surface area contributed by atoms with Crippen molar-refractivity contribution in [1.82, 2.24) is 0 Å². The SMILES string of the molecule is CCOCO[SiH](OC(c1ccc(O[Si](C(C)C)(C(C)C)C(C)C)c(C(C)C)c1)c1c(C)cccc1C)c1ccc(C(C)(C)C)cc1. The van der Waals surface area contributed by atoms with Crippen molar-refractivity contribution in [2.24, 2.45) is 0 Å². The van der Waals surface area contributed by atoms with Gasteiger partial charge in [0.15, 0.2) is 0 Å². The van der Waals surface area contributed by atoms with Crippen molar-refractivity contribution in [2.75, 3.05) is 13.4 Å². The lowest BCUT2D eigenvalue weighted by Crippen LogP contribution is -2.50. The van der Waals surface area contributed by atoms with E-state index in [1.165, 1.54) is 27.8 Å². The fourth-order valence-corrected chi connectivity index (χ4v) is 14.0. The van der Waals surface area contributed by atoms with Gasteiger partial charge in [-0.2, -0.15) is 0 Å². The van der Waals surface area contributed by atoms with E-state index in [1.54, 1.807) is 0 Å². The average Bonchev–Trinajstić information content (AvgIpc) is 2.97. The first-order chi connectivity index (χ1) is 21.5. The van der Waals surface area contributed by atoms with Crippen LogP contribution in [0.3, 0.4) is 0 Å². The van der Waals surface area contributed by atoms with Gasteiger partial charge >= 0.3 is 9.28 Å². The second kappa shape index (κ2) is 16.3. The number of hydrogen-bond donors (Lipinski definition) is 0. The van der Waals surface area contributed by atoms with Crippen molar-refractivity contribution in [1.29, 1.82) is 0 Å². The minimum absolute atomic E-state index is 0.0711. The molecule has 3 aromatic carbocycles. The maximum atomic E-state index is 7.29. The molecule has 0 aliphatic rings. The minimum atomic E-state index is -2.41. The van der Waals surface area contributed by atoms with Gasteiger partial charge in [-0.15, -0.1) is 0 Å². The molecule has 0 heterocycles. The summed E-state index contributed by atoms with van der Waals surface area (Å²) in [6.07, 6.45) is -0.296. The fraction of sp³-hybridized carbons (Fsp3) is 0.550. The van der Waals surface area contributed by atoms with E-state index < -0.39 is 17.6 Å². The Labute approximate surface area is 284 Å². The van der Waals surface area contributed by atoms with Gasteiger partial charge in [-0.05, 0) is 99.4 Å². The highest BCUT2D eigenvalue weighted by Crippen LogP contribution is 2.45. The lowest BCUT2D eigenvalue weighted by atomic mass is 9.87. The zero-order valence-electron chi connectivity index (χ0n) is 31.3. The summed E-state index contributed by atoms with van der Waals surface area (Å²) < 4.78 is 26.7. The van der Waals surface area contributed by atoms with Crippen LogP contribution < -0.4 is 9.61 Å². The minimum Gasteiger partial charge on any atom is -0.542 e. The Kier molecular flexibility index (Phi) is 13.5. The summed E-state index contributed by atoms with van der Waals surface area (Å²) in [6.45, 7) is 32.5. The van der Waals surface area contributed by atoms with Crippen molar-refractivity contribution >= 4 is 22.8 Å². The molecule has 0 spiro atoms. The van der Waals surface area contributed by atoms with Crippen LogP contribution in [0.1, 0.15) is 128 Å². The van der Waals surface area contributed by atoms with Crippen LogP contribution in [-0.2, 0) is 19.0 Å². The van der Waals surface area contributed by atoms with Crippen molar-refractivity contribution in [3.05, 3.63) is 94.0 Å². The van der Waals surface area contributed by atoms with Gasteiger partial charge in [0.1, 0.15) is 12.5 Å². The maximum absolute atomic E-state index is 7.29. The van der Waals surface area contributed by atoms with Crippen molar-refractivity contribution < 1.29 is 18.0 Å². The van der Waals surface area contributed by atoms with Gasteiger partial charge in [0.05, 0.1) is 6.10 Å². The predicted molar refractivity (Wildman–Crippen MR) is 201 cm³/mol. The third-order valence-electron chi connectivity index (χ3n) is 9.57. The molecule has 0 aliphatic heterocycles. The topological polar surface area (TPSA) is 36.9 Å². The molecule has 46 heavy (non-hydrogen) atoms. The quantitative estimate of drug-likeness (QED) is 0.0922. The molecule has 2 atom stereocenters. The Hall–Kier alpha value is -2.23. The Morgan fingerprint density at radius 3 is 1.80 bits per heavy atom. The molecular weight excluding hydrogens is 601 g/mol. The summed E-state index contributed by atoms with van der Waals surface area (Å²) in [5, 5.41) is 1.11. The molecule has 6 heteroatoms. The largest absolute Gasteiger partial charge is 0.542 e. The molecule has 0 radical (unpaired) electrons. The van der Waals surface area contributed by atoms with E-state index in [0.29, 0.717) is 29.1 Å². The summed E-state index contributed by atoms with van der Waals surface area (Å²) in [5.41, 5.74) is 8.84. The zero-order chi connectivity index (χ0) is 34.4. The van der Waals surface area contributed by atoms with Crippen LogP contribution in [-0.4, -0.2) is 31.0 Å². The summed E-state index contributed by atoms with van der Waals surface area (Å²) in [4.78, 5) is 0. The highest BCUT2D eigenvalue weighted by molar-refractivity contribution is 6.78. The normalized spacial score (nSPS) is 14.0. The van der Waals surface area contributed by atoms with Crippen molar-refractivity contribution in [3.8, 4) is 5.75 Å². The van der Waals surface area contributed by atoms with Gasteiger partial charge in [0, 0.05) is 6.61 Å². The second-order valence-corrected chi connectivity index (χ2v) is 22.5. The highest BCUT2D eigenvalue weighted by atomic mass is 28.4. The lowest BCUT2D eigenvalue weighted by Gasteiger charge is -2.43. The molecule has 0 aliphatic carbocycles. The Balaban J connectivity index is 2.19. The average molecular weight is 663 g/mol. The van der Waals surface area contributed by atoms with Crippen LogP contribution in [0.25, 0.3) is 0 Å². The van der Waals surface area contributed by atoms with Gasteiger partial charge in [-0.3, -0.25) is 0 Å². The molecule has 2 unspecified atom stereocenters. The van der Waals surface area contributed by atoms with E-state index in [-0.39, 0.29) is 18.3 Å². The van der Waals surface area contributed by atoms with E-state index in [4.69, 9.17) is 18.0 Å². The first-order valence-corrected chi connectivity index (χ1v) is 21.0. The smallest absolute Gasteiger partial charge is 0.358 e. The lowest BCUT2D eigenvalue weighted by molar-refractivity contribution is 0.00305. The molecule has 0 aromatic heterocycles. The number of ether oxygens (including phenoxy) is 1. The summed E-state index contributed by atoms with van der Waals surface area (Å²) in [6, 6.07) is 22.1. The summed E-state index contributed by atoms with van der Waals surface area (Å²) in [7, 11) is -4.55. The Bertz CT molecular complexity index is 1350. The number of hydrogen-bond acceptors (Lipinski definition) is 4. The van der Waals surface area contributed by atoms with Gasteiger partial charge in [-0.1, -0.05) is 125 Å². The molecule has 0 saturated heterocycles. The monoisotopic (exact) mass is 662 g/mol. The van der Waals surface area contributed by atoms with E-state index in [2.05, 4.69) is 151 Å². The van der Waals surface area contributed by atoms with Crippen LogP contribution in [0.4, 0.5) is 0 Å². The summed E-state index contributed by atoms with van der Waals surface area (Å²) in [5.74, 6) is 1.32. The molecular formula is C40H62O4Si2. The predicted octanol–water partition coefficient (Wildman–Crippen LogP) is 10.5. The Morgan fingerprint density at radius 2 is 1.33 bits per heavy atom. The van der Waals surface area contributed by atoms with Crippen LogP contribution in [0.2, 0.25) is 16.6 Å². The molecule has 0 fully saturated rings. The van der Waals surface area contributed by atoms with Gasteiger partial charge in [-0.25, -0.2) is 0 Å². The maximum Gasteiger partial charge on any atom is 0.358 e. The van der Waals surface area contributed by atoms with Crippen molar-refractivity contribution in [3.63, 3.8) is 0 Å².